The number of nitrogens with zero attached hydrogens (tertiary/aromatic N) is 2. The molecule has 3 heterocycles. The number of aliphatic carboxylic acids is 1. The van der Waals surface area contributed by atoms with E-state index in [1.54, 1.807) is 37.6 Å². The van der Waals surface area contributed by atoms with Crippen molar-refractivity contribution in [3.05, 3.63) is 41.0 Å². The number of aryl methyl sites for hydroxylation is 1. The predicted molar refractivity (Wildman–Crippen MR) is 152 cm³/mol. The number of carbonyl (C=O) groups is 4. The number of aliphatic hydroxyl groups excluding tert-OH is 1. The van der Waals surface area contributed by atoms with E-state index in [4.69, 9.17) is 4.74 Å². The third-order valence-electron chi connectivity index (χ3n) is 7.87. The van der Waals surface area contributed by atoms with Crippen molar-refractivity contribution in [1.82, 2.24) is 20.5 Å². The highest BCUT2D eigenvalue weighted by Crippen LogP contribution is 2.33. The number of aromatic nitrogens is 1. The van der Waals surface area contributed by atoms with E-state index in [1.165, 1.54) is 4.90 Å². The SMILES string of the molecule is Cc1ncsc1-c1ccc(CNC(=O)[C@@H]2C[C@@H](O)CN2C(=O)[C@H](NC(=O)C2(C(=O)O)CCOCC2)C(C)(C)C)cc1. The van der Waals surface area contributed by atoms with E-state index < -0.39 is 52.7 Å². The lowest BCUT2D eigenvalue weighted by atomic mass is 9.78. The summed E-state index contributed by atoms with van der Waals surface area (Å²) in [6, 6.07) is 5.72. The molecule has 0 aliphatic carbocycles. The highest BCUT2D eigenvalue weighted by Gasteiger charge is 2.51. The smallest absolute Gasteiger partial charge is 0.319 e. The number of carbonyl (C=O) groups excluding carboxylic acids is 3. The van der Waals surface area contributed by atoms with Crippen LogP contribution in [0.4, 0.5) is 0 Å². The van der Waals surface area contributed by atoms with Crippen LogP contribution in [0.3, 0.4) is 0 Å². The summed E-state index contributed by atoms with van der Waals surface area (Å²) in [4.78, 5) is 59.2. The van der Waals surface area contributed by atoms with Gasteiger partial charge in [-0.15, -0.1) is 11.3 Å². The van der Waals surface area contributed by atoms with Crippen molar-refractivity contribution in [1.29, 1.82) is 0 Å². The normalized spacial score (nSPS) is 21.2. The van der Waals surface area contributed by atoms with E-state index in [2.05, 4.69) is 15.6 Å². The van der Waals surface area contributed by atoms with Crippen LogP contribution >= 0.6 is 11.3 Å². The lowest BCUT2D eigenvalue weighted by molar-refractivity contribution is -0.164. The average Bonchev–Trinajstić information content (AvgIpc) is 3.55. The molecule has 2 aromatic rings. The second-order valence-corrected chi connectivity index (χ2v) is 12.7. The summed E-state index contributed by atoms with van der Waals surface area (Å²) in [7, 11) is 0. The Bertz CT molecular complexity index is 1280. The molecule has 2 aliphatic heterocycles. The van der Waals surface area contributed by atoms with Crippen molar-refractivity contribution in [2.45, 2.75) is 71.7 Å². The van der Waals surface area contributed by atoms with Gasteiger partial charge in [0.2, 0.25) is 17.7 Å². The highest BCUT2D eigenvalue weighted by atomic mass is 32.1. The first-order chi connectivity index (χ1) is 19.3. The van der Waals surface area contributed by atoms with Gasteiger partial charge in [-0.1, -0.05) is 45.0 Å². The minimum absolute atomic E-state index is 0.00250. The fraction of sp³-hybridized carbons (Fsp3) is 0.552. The van der Waals surface area contributed by atoms with E-state index in [9.17, 15) is 29.4 Å². The maximum absolute atomic E-state index is 13.8. The minimum Gasteiger partial charge on any atom is -0.480 e. The number of ether oxygens (including phenoxy) is 1. The first-order valence-electron chi connectivity index (χ1n) is 13.7. The van der Waals surface area contributed by atoms with Gasteiger partial charge in [0.1, 0.15) is 12.1 Å². The molecule has 3 atom stereocenters. The Morgan fingerprint density at radius 3 is 2.39 bits per heavy atom. The van der Waals surface area contributed by atoms with E-state index >= 15 is 0 Å². The maximum atomic E-state index is 13.8. The standard InChI is InChI=1S/C29H38N4O7S/c1-17-22(41-16-31-17)19-7-5-18(6-8-19)14-30-24(35)21-13-20(34)15-33(21)25(36)23(28(2,3)4)32-26(37)29(27(38)39)9-11-40-12-10-29/h5-8,16,20-21,23,34H,9-15H2,1-4H3,(H,30,35)(H,32,37)(H,38,39)/t20-,21+,23+/m1/s1. The van der Waals surface area contributed by atoms with Crippen LogP contribution in [0.2, 0.25) is 0 Å². The van der Waals surface area contributed by atoms with Gasteiger partial charge >= 0.3 is 5.97 Å². The summed E-state index contributed by atoms with van der Waals surface area (Å²) in [6.07, 6.45) is -0.856. The number of β-amino-alcohol motifs (C(OH)–C–C–N with tert-alkyl or cyclic N) is 1. The maximum Gasteiger partial charge on any atom is 0.319 e. The Labute approximate surface area is 243 Å². The number of nitrogens with one attached hydrogen (secondary N) is 2. The number of thiazole rings is 1. The fourth-order valence-electron chi connectivity index (χ4n) is 5.31. The minimum atomic E-state index is -1.70. The van der Waals surface area contributed by atoms with E-state index in [0.717, 1.165) is 21.7 Å². The summed E-state index contributed by atoms with van der Waals surface area (Å²) >= 11 is 1.56. The number of amides is 3. The molecule has 0 spiro atoms. The molecule has 0 unspecified atom stereocenters. The Kier molecular flexibility index (Phi) is 9.15. The summed E-state index contributed by atoms with van der Waals surface area (Å²) in [6.45, 7) is 7.64. The van der Waals surface area contributed by atoms with Gasteiger partial charge < -0.3 is 30.5 Å². The molecule has 4 rings (SSSR count). The Morgan fingerprint density at radius 1 is 1.17 bits per heavy atom. The zero-order chi connectivity index (χ0) is 29.9. The molecule has 2 saturated heterocycles. The lowest BCUT2D eigenvalue weighted by Gasteiger charge is -2.38. The monoisotopic (exact) mass is 586 g/mol. The fourth-order valence-corrected chi connectivity index (χ4v) is 6.12. The number of hydrogen-bond donors (Lipinski definition) is 4. The van der Waals surface area contributed by atoms with Gasteiger partial charge in [-0.3, -0.25) is 19.2 Å². The van der Waals surface area contributed by atoms with E-state index in [1.807, 2.05) is 31.2 Å². The Morgan fingerprint density at radius 2 is 1.83 bits per heavy atom. The number of likely N-dealkylation sites (tertiary alicyclic amines) is 1. The molecule has 2 aliphatic rings. The molecule has 0 bridgehead atoms. The van der Waals surface area contributed by atoms with Gasteiger partial charge in [0.25, 0.3) is 0 Å². The molecule has 2 fully saturated rings. The molecular weight excluding hydrogens is 548 g/mol. The Hall–Kier alpha value is -3.35. The first kappa shape index (κ1) is 30.6. The largest absolute Gasteiger partial charge is 0.480 e. The molecule has 12 heteroatoms. The van der Waals surface area contributed by atoms with Gasteiger partial charge in [-0.05, 0) is 36.3 Å². The van der Waals surface area contributed by atoms with E-state index in [0.29, 0.717) is 0 Å². The number of carboxylic acid groups (broad SMARTS) is 1. The van der Waals surface area contributed by atoms with Crippen molar-refractivity contribution in [2.75, 3.05) is 19.8 Å². The molecule has 11 nitrogen and oxygen atoms in total. The number of carboxylic acids is 1. The number of aliphatic hydroxyl groups is 1. The number of rotatable bonds is 8. The van der Waals surface area contributed by atoms with Crippen LogP contribution in [0.25, 0.3) is 10.4 Å². The third-order valence-corrected chi connectivity index (χ3v) is 8.85. The van der Waals surface area contributed by atoms with E-state index in [-0.39, 0.29) is 45.6 Å². The van der Waals surface area contributed by atoms with Crippen molar-refractivity contribution < 1.29 is 34.1 Å². The van der Waals surface area contributed by atoms with Crippen LogP contribution in [0.1, 0.15) is 51.3 Å². The topological polar surface area (TPSA) is 158 Å². The Balaban J connectivity index is 1.46. The molecular formula is C29H38N4O7S. The van der Waals surface area contributed by atoms with Crippen LogP contribution in [-0.4, -0.2) is 81.7 Å². The summed E-state index contributed by atoms with van der Waals surface area (Å²) in [5.74, 6) is -2.97. The first-order valence-corrected chi connectivity index (χ1v) is 14.6. The molecule has 4 N–H and O–H groups in total. The third kappa shape index (κ3) is 6.60. The predicted octanol–water partition coefficient (Wildman–Crippen LogP) is 2.11. The molecule has 0 radical (unpaired) electrons. The van der Waals surface area contributed by atoms with Crippen molar-refractivity contribution in [2.24, 2.45) is 10.8 Å². The number of benzene rings is 1. The second-order valence-electron chi connectivity index (χ2n) is 11.8. The van der Waals surface area contributed by atoms with Gasteiger partial charge in [-0.25, -0.2) is 4.98 Å². The van der Waals surface area contributed by atoms with Crippen LogP contribution in [0.5, 0.6) is 0 Å². The van der Waals surface area contributed by atoms with Crippen molar-refractivity contribution >= 4 is 35.0 Å². The van der Waals surface area contributed by atoms with Gasteiger partial charge in [0.05, 0.1) is 22.2 Å². The number of hydrogen-bond acceptors (Lipinski definition) is 8. The molecule has 3 amide bonds. The molecule has 41 heavy (non-hydrogen) atoms. The van der Waals surface area contributed by atoms with Crippen molar-refractivity contribution in [3.8, 4) is 10.4 Å². The quantitative estimate of drug-likeness (QED) is 0.343. The van der Waals surface area contributed by atoms with Crippen molar-refractivity contribution in [3.63, 3.8) is 0 Å². The van der Waals surface area contributed by atoms with Crippen LogP contribution in [-0.2, 0) is 30.5 Å². The van der Waals surface area contributed by atoms with Crippen LogP contribution in [0.15, 0.2) is 29.8 Å². The van der Waals surface area contributed by atoms with Gasteiger partial charge in [0.15, 0.2) is 5.41 Å². The molecule has 1 aromatic heterocycles. The zero-order valence-electron chi connectivity index (χ0n) is 23.8. The zero-order valence-corrected chi connectivity index (χ0v) is 24.6. The lowest BCUT2D eigenvalue weighted by Crippen LogP contribution is -2.61. The van der Waals surface area contributed by atoms with Crippen LogP contribution in [0, 0.1) is 17.8 Å². The van der Waals surface area contributed by atoms with Gasteiger partial charge in [-0.2, -0.15) is 0 Å². The summed E-state index contributed by atoms with van der Waals surface area (Å²) in [5.41, 5.74) is 2.16. The van der Waals surface area contributed by atoms with Crippen LogP contribution < -0.4 is 10.6 Å². The molecule has 0 saturated carbocycles. The average molecular weight is 587 g/mol. The molecule has 222 valence electrons. The summed E-state index contributed by atoms with van der Waals surface area (Å²) < 4.78 is 5.27. The van der Waals surface area contributed by atoms with Gasteiger partial charge in [0, 0.05) is 32.7 Å². The molecule has 1 aromatic carbocycles. The summed E-state index contributed by atoms with van der Waals surface area (Å²) in [5, 5.41) is 25.9. The second kappa shape index (κ2) is 12.3. The highest BCUT2D eigenvalue weighted by molar-refractivity contribution is 7.13.